The molecule has 1 fully saturated rings. The summed E-state index contributed by atoms with van der Waals surface area (Å²) in [5, 5.41) is 19.8. The second-order valence-electron chi connectivity index (χ2n) is 4.76. The van der Waals surface area contributed by atoms with Gasteiger partial charge in [-0.1, -0.05) is 18.0 Å². The van der Waals surface area contributed by atoms with Gasteiger partial charge in [0, 0.05) is 5.02 Å². The van der Waals surface area contributed by atoms with Gasteiger partial charge in [0.1, 0.15) is 5.75 Å². The van der Waals surface area contributed by atoms with Crippen LogP contribution >= 0.6 is 11.6 Å². The van der Waals surface area contributed by atoms with E-state index in [-0.39, 0.29) is 5.75 Å². The number of carbonyl (C=O) groups is 1. The minimum absolute atomic E-state index is 0.150. The maximum absolute atomic E-state index is 11.5. The van der Waals surface area contributed by atoms with Crippen LogP contribution in [0.15, 0.2) is 6.07 Å². The molecule has 1 aliphatic carbocycles. The zero-order chi connectivity index (χ0) is 12.8. The normalized spacial score (nSPS) is 17.6. The van der Waals surface area contributed by atoms with Gasteiger partial charge in [-0.2, -0.15) is 0 Å². The highest BCUT2D eigenvalue weighted by Crippen LogP contribution is 2.49. The van der Waals surface area contributed by atoms with Crippen LogP contribution in [0.25, 0.3) is 0 Å². The van der Waals surface area contributed by atoms with Crippen LogP contribution in [0.4, 0.5) is 0 Å². The lowest BCUT2D eigenvalue weighted by Crippen LogP contribution is -2.43. The Morgan fingerprint density at radius 2 is 2.00 bits per heavy atom. The lowest BCUT2D eigenvalue weighted by atomic mass is 9.63. The first-order chi connectivity index (χ1) is 7.90. The molecular weight excluding hydrogens is 240 g/mol. The van der Waals surface area contributed by atoms with Gasteiger partial charge in [0.25, 0.3) is 0 Å². The maximum atomic E-state index is 11.5. The number of carboxylic acid groups (broad SMARTS) is 1. The first-order valence-electron chi connectivity index (χ1n) is 5.62. The molecular formula is C13H15ClO3. The van der Waals surface area contributed by atoms with Gasteiger partial charge in [-0.15, -0.1) is 0 Å². The van der Waals surface area contributed by atoms with Gasteiger partial charge in [0.15, 0.2) is 0 Å². The Morgan fingerprint density at radius 3 is 2.41 bits per heavy atom. The van der Waals surface area contributed by atoms with Crippen molar-refractivity contribution in [3.8, 4) is 5.75 Å². The van der Waals surface area contributed by atoms with Crippen molar-refractivity contribution in [1.29, 1.82) is 0 Å². The van der Waals surface area contributed by atoms with Crippen LogP contribution in [0.2, 0.25) is 5.02 Å². The van der Waals surface area contributed by atoms with E-state index < -0.39 is 11.4 Å². The zero-order valence-electron chi connectivity index (χ0n) is 9.88. The van der Waals surface area contributed by atoms with Crippen LogP contribution in [-0.4, -0.2) is 16.2 Å². The first kappa shape index (κ1) is 12.2. The summed E-state index contributed by atoms with van der Waals surface area (Å²) in [6, 6.07) is 1.64. The first-order valence-corrected chi connectivity index (χ1v) is 6.00. The molecule has 0 bridgehead atoms. The highest BCUT2D eigenvalue weighted by atomic mass is 35.5. The van der Waals surface area contributed by atoms with E-state index in [1.165, 1.54) is 0 Å². The molecule has 0 radical (unpaired) electrons. The van der Waals surface area contributed by atoms with Crippen molar-refractivity contribution in [1.82, 2.24) is 0 Å². The van der Waals surface area contributed by atoms with Crippen LogP contribution in [-0.2, 0) is 10.2 Å². The van der Waals surface area contributed by atoms with Crippen molar-refractivity contribution in [2.24, 2.45) is 0 Å². The molecule has 0 heterocycles. The average molecular weight is 255 g/mol. The summed E-state index contributed by atoms with van der Waals surface area (Å²) in [4.78, 5) is 11.5. The van der Waals surface area contributed by atoms with Crippen LogP contribution in [0.5, 0.6) is 5.75 Å². The van der Waals surface area contributed by atoms with Gasteiger partial charge in [-0.3, -0.25) is 4.79 Å². The monoisotopic (exact) mass is 254 g/mol. The van der Waals surface area contributed by atoms with E-state index in [9.17, 15) is 15.0 Å². The predicted octanol–water partition coefficient (Wildman–Crippen LogP) is 3.17. The third kappa shape index (κ3) is 1.61. The quantitative estimate of drug-likeness (QED) is 0.852. The minimum atomic E-state index is -0.896. The third-order valence-corrected chi connectivity index (χ3v) is 4.08. The molecule has 1 aliphatic rings. The fourth-order valence-corrected chi connectivity index (χ4v) is 3.10. The summed E-state index contributed by atoms with van der Waals surface area (Å²) in [5.74, 6) is -0.700. The molecule has 0 aromatic heterocycles. The van der Waals surface area contributed by atoms with Crippen LogP contribution in [0.3, 0.4) is 0 Å². The van der Waals surface area contributed by atoms with E-state index >= 15 is 0 Å². The largest absolute Gasteiger partial charge is 0.507 e. The highest BCUT2D eigenvalue weighted by molar-refractivity contribution is 6.32. The van der Waals surface area contributed by atoms with Gasteiger partial charge in [-0.05, 0) is 49.4 Å². The molecule has 1 saturated carbocycles. The molecule has 17 heavy (non-hydrogen) atoms. The molecule has 0 aliphatic heterocycles. The van der Waals surface area contributed by atoms with Crippen molar-refractivity contribution in [2.45, 2.75) is 38.5 Å². The number of halogens is 1. The van der Waals surface area contributed by atoms with Gasteiger partial charge >= 0.3 is 5.97 Å². The van der Waals surface area contributed by atoms with E-state index in [0.29, 0.717) is 34.6 Å². The summed E-state index contributed by atoms with van der Waals surface area (Å²) in [6.07, 6.45) is 2.06. The minimum Gasteiger partial charge on any atom is -0.507 e. The summed E-state index contributed by atoms with van der Waals surface area (Å²) >= 11 is 6.17. The van der Waals surface area contributed by atoms with Crippen molar-refractivity contribution >= 4 is 17.6 Å². The zero-order valence-corrected chi connectivity index (χ0v) is 10.6. The van der Waals surface area contributed by atoms with Crippen LogP contribution in [0.1, 0.15) is 36.0 Å². The van der Waals surface area contributed by atoms with E-state index in [1.807, 2.05) is 0 Å². The molecule has 92 valence electrons. The highest BCUT2D eigenvalue weighted by Gasteiger charge is 2.48. The average Bonchev–Trinajstić information content (AvgIpc) is 2.17. The van der Waals surface area contributed by atoms with Crippen LogP contribution in [0, 0.1) is 13.8 Å². The Balaban J connectivity index is 2.67. The second kappa shape index (κ2) is 3.91. The van der Waals surface area contributed by atoms with Gasteiger partial charge in [-0.25, -0.2) is 0 Å². The van der Waals surface area contributed by atoms with E-state index in [1.54, 1.807) is 19.9 Å². The van der Waals surface area contributed by atoms with Gasteiger partial charge < -0.3 is 10.2 Å². The summed E-state index contributed by atoms with van der Waals surface area (Å²) in [7, 11) is 0. The fraction of sp³-hybridized carbons (Fsp3) is 0.462. The molecule has 4 heteroatoms. The molecule has 0 unspecified atom stereocenters. The Labute approximate surface area is 105 Å². The number of aliphatic carboxylic acids is 1. The SMILES string of the molecule is Cc1cc(Cl)c(C2(C(=O)O)CCC2)c(C)c1O. The number of hydrogen-bond acceptors (Lipinski definition) is 2. The van der Waals surface area contributed by atoms with Crippen molar-refractivity contribution < 1.29 is 15.0 Å². The lowest BCUT2D eigenvalue weighted by molar-refractivity contribution is -0.147. The Hall–Kier alpha value is -1.22. The number of phenolic OH excluding ortho intramolecular Hbond substituents is 1. The Bertz CT molecular complexity index is 490. The molecule has 1 aromatic rings. The number of phenols is 1. The third-order valence-electron chi connectivity index (χ3n) is 3.78. The maximum Gasteiger partial charge on any atom is 0.314 e. The number of hydrogen-bond donors (Lipinski definition) is 2. The summed E-state index contributed by atoms with van der Waals surface area (Å²) in [5.41, 5.74) is 0.959. The van der Waals surface area contributed by atoms with Gasteiger partial charge in [0.05, 0.1) is 5.41 Å². The Morgan fingerprint density at radius 1 is 1.41 bits per heavy atom. The van der Waals surface area contributed by atoms with Crippen molar-refractivity contribution in [2.75, 3.05) is 0 Å². The molecule has 2 rings (SSSR count). The summed E-state index contributed by atoms with van der Waals surface area (Å²) in [6.45, 7) is 3.48. The number of benzene rings is 1. The van der Waals surface area contributed by atoms with Gasteiger partial charge in [0.2, 0.25) is 0 Å². The van der Waals surface area contributed by atoms with E-state index in [0.717, 1.165) is 6.42 Å². The molecule has 0 spiro atoms. The molecule has 2 N–H and O–H groups in total. The van der Waals surface area contributed by atoms with Crippen molar-refractivity contribution in [3.63, 3.8) is 0 Å². The van der Waals surface area contributed by atoms with E-state index in [4.69, 9.17) is 11.6 Å². The number of carboxylic acids is 1. The fourth-order valence-electron chi connectivity index (χ4n) is 2.61. The molecule has 3 nitrogen and oxygen atoms in total. The lowest BCUT2D eigenvalue weighted by Gasteiger charge is -2.40. The number of aryl methyl sites for hydroxylation is 1. The van der Waals surface area contributed by atoms with Crippen molar-refractivity contribution in [3.05, 3.63) is 27.8 Å². The standard InChI is InChI=1S/C13H15ClO3/c1-7-6-9(14)10(8(2)11(7)15)13(12(16)17)4-3-5-13/h6,15H,3-5H2,1-2H3,(H,16,17). The molecule has 0 amide bonds. The Kier molecular flexibility index (Phi) is 2.82. The smallest absolute Gasteiger partial charge is 0.314 e. The number of rotatable bonds is 2. The summed E-state index contributed by atoms with van der Waals surface area (Å²) < 4.78 is 0. The predicted molar refractivity (Wildman–Crippen MR) is 65.8 cm³/mol. The second-order valence-corrected chi connectivity index (χ2v) is 5.17. The van der Waals surface area contributed by atoms with E-state index in [2.05, 4.69) is 0 Å². The van der Waals surface area contributed by atoms with Crippen LogP contribution < -0.4 is 0 Å². The molecule has 0 saturated heterocycles. The topological polar surface area (TPSA) is 57.5 Å². The number of aromatic hydroxyl groups is 1. The molecule has 1 aromatic carbocycles. The molecule has 0 atom stereocenters.